The van der Waals surface area contributed by atoms with Crippen LogP contribution in [0.25, 0.3) is 0 Å². The zero-order valence-electron chi connectivity index (χ0n) is 21.8. The van der Waals surface area contributed by atoms with Gasteiger partial charge in [-0.1, -0.05) is 38.5 Å². The van der Waals surface area contributed by atoms with Gasteiger partial charge >= 0.3 is 23.9 Å². The van der Waals surface area contributed by atoms with Gasteiger partial charge in [0.15, 0.2) is 0 Å². The molecule has 0 radical (unpaired) electrons. The Hall–Kier alpha value is -2.20. The fraction of sp³-hybridized carbons (Fsp3) is 0.846. The summed E-state index contributed by atoms with van der Waals surface area (Å²) in [7, 11) is 0. The van der Waals surface area contributed by atoms with Crippen LogP contribution in [0.15, 0.2) is 0 Å². The normalized spacial score (nSPS) is 17.1. The average molecular weight is 521 g/mol. The molecule has 1 aliphatic heterocycles. The van der Waals surface area contributed by atoms with Crippen molar-refractivity contribution in [1.29, 1.82) is 0 Å². The number of esters is 2. The fourth-order valence-electron chi connectivity index (χ4n) is 3.23. The Bertz CT molecular complexity index is 503. The number of aliphatic carboxylic acids is 2. The topological polar surface area (TPSA) is 168 Å². The molecule has 0 aromatic heterocycles. The summed E-state index contributed by atoms with van der Waals surface area (Å²) < 4.78 is 10.4. The largest absolute Gasteiger partial charge is 0.481 e. The molecule has 0 aliphatic carbocycles. The molecule has 212 valence electrons. The highest BCUT2D eigenvalue weighted by Crippen LogP contribution is 2.12. The first kappa shape index (κ1) is 36.0. The highest BCUT2D eigenvalue weighted by molar-refractivity contribution is 5.69. The lowest BCUT2D eigenvalue weighted by Gasteiger charge is -2.07. The number of carbonyl (C=O) groups is 4. The van der Waals surface area contributed by atoms with Crippen LogP contribution < -0.4 is 0 Å². The van der Waals surface area contributed by atoms with Crippen molar-refractivity contribution < 1.29 is 49.1 Å². The molecule has 0 spiro atoms. The Labute approximate surface area is 215 Å². The van der Waals surface area contributed by atoms with E-state index in [2.05, 4.69) is 0 Å². The number of hydrogen-bond acceptors (Lipinski definition) is 8. The van der Waals surface area contributed by atoms with Gasteiger partial charge in [-0.25, -0.2) is 0 Å². The number of carboxylic acids is 2. The van der Waals surface area contributed by atoms with Crippen molar-refractivity contribution >= 4 is 23.9 Å². The summed E-state index contributed by atoms with van der Waals surface area (Å²) in [5.41, 5.74) is 0. The van der Waals surface area contributed by atoms with E-state index in [1.54, 1.807) is 0 Å². The Kier molecular flexibility index (Phi) is 29.0. The highest BCUT2D eigenvalue weighted by atomic mass is 16.5. The molecule has 10 heteroatoms. The molecule has 4 N–H and O–H groups in total. The van der Waals surface area contributed by atoms with E-state index in [0.717, 1.165) is 51.4 Å². The first-order valence-electron chi connectivity index (χ1n) is 13.3. The fourth-order valence-corrected chi connectivity index (χ4v) is 3.23. The summed E-state index contributed by atoms with van der Waals surface area (Å²) in [6.07, 6.45) is 14.9. The second-order valence-corrected chi connectivity index (χ2v) is 8.63. The number of ether oxygens (including phenoxy) is 2. The Morgan fingerprint density at radius 2 is 0.861 bits per heavy atom. The summed E-state index contributed by atoms with van der Waals surface area (Å²) >= 11 is 0. The monoisotopic (exact) mass is 520 g/mol. The van der Waals surface area contributed by atoms with Crippen LogP contribution in [0.1, 0.15) is 116 Å². The van der Waals surface area contributed by atoms with Gasteiger partial charge in [-0.05, 0) is 51.4 Å². The van der Waals surface area contributed by atoms with Gasteiger partial charge in [-0.3, -0.25) is 19.2 Å². The minimum Gasteiger partial charge on any atom is -0.481 e. The minimum absolute atomic E-state index is 0.0525. The first-order valence-corrected chi connectivity index (χ1v) is 13.3. The summed E-state index contributed by atoms with van der Waals surface area (Å²) in [6.45, 7) is 0.803. The summed E-state index contributed by atoms with van der Waals surface area (Å²) in [5, 5.41) is 31.5. The molecule has 0 aromatic carbocycles. The lowest BCUT2D eigenvalue weighted by atomic mass is 10.1. The molecular formula is C26H48O10. The third-order valence-electron chi connectivity index (χ3n) is 5.21. The van der Waals surface area contributed by atoms with Gasteiger partial charge in [0.05, 0.1) is 26.4 Å². The average Bonchev–Trinajstić information content (AvgIpc) is 2.84. The SMILES string of the molecule is O=C(O)CCCCC(=O)O.O=C1CCCCCCCCCCC(=O)OCCCCCCO1.OCCO. The highest BCUT2D eigenvalue weighted by Gasteiger charge is 2.05. The molecule has 0 atom stereocenters. The molecule has 10 nitrogen and oxygen atoms in total. The smallest absolute Gasteiger partial charge is 0.305 e. The Morgan fingerprint density at radius 1 is 0.556 bits per heavy atom. The number of carbonyl (C=O) groups excluding carboxylic acids is 2. The molecule has 1 rings (SSSR count). The van der Waals surface area contributed by atoms with Gasteiger partial charge in [0.25, 0.3) is 0 Å². The second-order valence-electron chi connectivity index (χ2n) is 8.63. The van der Waals surface area contributed by atoms with Gasteiger partial charge < -0.3 is 29.9 Å². The number of aliphatic hydroxyl groups is 2. The van der Waals surface area contributed by atoms with Crippen LogP contribution >= 0.6 is 0 Å². The minimum atomic E-state index is -0.870. The molecule has 1 saturated heterocycles. The molecule has 36 heavy (non-hydrogen) atoms. The lowest BCUT2D eigenvalue weighted by molar-refractivity contribution is -0.145. The molecule has 0 aromatic rings. The van der Waals surface area contributed by atoms with Gasteiger partial charge in [0.2, 0.25) is 0 Å². The van der Waals surface area contributed by atoms with Crippen LogP contribution in [0.3, 0.4) is 0 Å². The lowest BCUT2D eigenvalue weighted by Crippen LogP contribution is -2.07. The molecule has 0 bridgehead atoms. The van der Waals surface area contributed by atoms with Crippen molar-refractivity contribution in [3.63, 3.8) is 0 Å². The van der Waals surface area contributed by atoms with E-state index < -0.39 is 11.9 Å². The number of carboxylic acid groups (broad SMARTS) is 2. The molecule has 1 fully saturated rings. The van der Waals surface area contributed by atoms with Crippen LogP contribution in [0.4, 0.5) is 0 Å². The van der Waals surface area contributed by atoms with Crippen LogP contribution in [0.5, 0.6) is 0 Å². The van der Waals surface area contributed by atoms with E-state index in [1.807, 2.05) is 0 Å². The maximum Gasteiger partial charge on any atom is 0.305 e. The van der Waals surface area contributed by atoms with E-state index in [9.17, 15) is 19.2 Å². The van der Waals surface area contributed by atoms with Gasteiger partial charge in [-0.15, -0.1) is 0 Å². The number of hydrogen-bond donors (Lipinski definition) is 4. The van der Waals surface area contributed by atoms with Crippen molar-refractivity contribution in [2.45, 2.75) is 116 Å². The van der Waals surface area contributed by atoms with Crippen molar-refractivity contribution in [2.24, 2.45) is 0 Å². The van der Waals surface area contributed by atoms with E-state index in [4.69, 9.17) is 29.9 Å². The maximum absolute atomic E-state index is 11.5. The van der Waals surface area contributed by atoms with E-state index in [-0.39, 0.29) is 38.0 Å². The van der Waals surface area contributed by atoms with Crippen LogP contribution in [-0.2, 0) is 28.7 Å². The van der Waals surface area contributed by atoms with Crippen molar-refractivity contribution in [3.8, 4) is 0 Å². The van der Waals surface area contributed by atoms with Crippen molar-refractivity contribution in [3.05, 3.63) is 0 Å². The predicted molar refractivity (Wildman–Crippen MR) is 134 cm³/mol. The van der Waals surface area contributed by atoms with Gasteiger partial charge in [0, 0.05) is 25.7 Å². The summed E-state index contributed by atoms with van der Waals surface area (Å²) in [4.78, 5) is 42.8. The third kappa shape index (κ3) is 34.0. The standard InChI is InChI=1S/C18H32O4.C6H10O4.C2H6O2/c19-17-13-9-5-3-1-2-4-6-10-14-18(20)22-16-12-8-7-11-15-21-17;7-5(8)3-1-2-4-6(9)10;3-1-2-4/h1-16H2;1-4H2,(H,7,8)(H,9,10);3-4H,1-2H2. The molecular weight excluding hydrogens is 472 g/mol. The molecule has 1 heterocycles. The molecule has 0 saturated carbocycles. The van der Waals surface area contributed by atoms with Crippen LogP contribution in [0, 0.1) is 0 Å². The molecule has 1 aliphatic rings. The predicted octanol–water partition coefficient (Wildman–Crippen LogP) is 4.23. The zero-order valence-corrected chi connectivity index (χ0v) is 21.8. The van der Waals surface area contributed by atoms with Gasteiger partial charge in [0.1, 0.15) is 0 Å². The number of rotatable bonds is 6. The molecule has 0 unspecified atom stereocenters. The van der Waals surface area contributed by atoms with Crippen LogP contribution in [-0.4, -0.2) is 70.7 Å². The van der Waals surface area contributed by atoms with E-state index in [0.29, 0.717) is 38.9 Å². The van der Waals surface area contributed by atoms with Crippen molar-refractivity contribution in [2.75, 3.05) is 26.4 Å². The number of aliphatic hydroxyl groups excluding tert-OH is 2. The molecule has 0 amide bonds. The zero-order chi connectivity index (χ0) is 27.3. The van der Waals surface area contributed by atoms with Crippen LogP contribution in [0.2, 0.25) is 0 Å². The number of cyclic esters (lactones) is 2. The van der Waals surface area contributed by atoms with E-state index in [1.165, 1.54) is 25.7 Å². The maximum atomic E-state index is 11.5. The summed E-state index contributed by atoms with van der Waals surface area (Å²) in [6, 6.07) is 0. The van der Waals surface area contributed by atoms with E-state index >= 15 is 0 Å². The van der Waals surface area contributed by atoms with Gasteiger partial charge in [-0.2, -0.15) is 0 Å². The Balaban J connectivity index is 0. The first-order chi connectivity index (χ1) is 17.3. The quantitative estimate of drug-likeness (QED) is 0.294. The Morgan fingerprint density at radius 3 is 1.17 bits per heavy atom. The number of unbranched alkanes of at least 4 members (excludes halogenated alkanes) is 1. The second kappa shape index (κ2) is 29.0. The van der Waals surface area contributed by atoms with Crippen molar-refractivity contribution in [1.82, 2.24) is 0 Å². The summed E-state index contributed by atoms with van der Waals surface area (Å²) in [5.74, 6) is -1.84. The third-order valence-corrected chi connectivity index (χ3v) is 5.21.